The molecule has 0 amide bonds. The highest BCUT2D eigenvalue weighted by Gasteiger charge is 2.06. The Morgan fingerprint density at radius 1 is 1.29 bits per heavy atom. The highest BCUT2D eigenvalue weighted by molar-refractivity contribution is 5.45. The zero-order valence-corrected chi connectivity index (χ0v) is 9.26. The highest BCUT2D eigenvalue weighted by Crippen LogP contribution is 2.26. The molecule has 78 valence electrons. The molecular formula is C12H19NO. The first-order chi connectivity index (χ1) is 6.70. The van der Waals surface area contributed by atoms with Gasteiger partial charge >= 0.3 is 0 Å². The summed E-state index contributed by atoms with van der Waals surface area (Å²) < 4.78 is 5.37. The van der Waals surface area contributed by atoms with Gasteiger partial charge in [0.1, 0.15) is 5.75 Å². The fraction of sp³-hybridized carbons (Fsp3) is 0.500. The quantitative estimate of drug-likeness (QED) is 0.795. The van der Waals surface area contributed by atoms with E-state index in [0.29, 0.717) is 0 Å². The summed E-state index contributed by atoms with van der Waals surface area (Å²) in [6.45, 7) is 4.92. The predicted molar refractivity (Wildman–Crippen MR) is 59.8 cm³/mol. The summed E-state index contributed by atoms with van der Waals surface area (Å²) in [4.78, 5) is 0. The van der Waals surface area contributed by atoms with Gasteiger partial charge in [0.25, 0.3) is 0 Å². The van der Waals surface area contributed by atoms with Gasteiger partial charge in [-0.05, 0) is 49.9 Å². The Labute approximate surface area is 86.1 Å². The Hall–Kier alpha value is -1.02. The van der Waals surface area contributed by atoms with E-state index in [1.54, 1.807) is 7.11 Å². The zero-order valence-electron chi connectivity index (χ0n) is 9.26. The summed E-state index contributed by atoms with van der Waals surface area (Å²) in [5, 5.41) is 0. The van der Waals surface area contributed by atoms with E-state index in [1.165, 1.54) is 16.7 Å². The molecule has 2 heteroatoms. The molecule has 0 aliphatic rings. The minimum absolute atomic E-state index is 0.746. The molecule has 0 fully saturated rings. The molecule has 0 saturated heterocycles. The SMILES string of the molecule is COc1c(C)ccc(CCCN)c1C. The van der Waals surface area contributed by atoms with Crippen molar-refractivity contribution in [2.45, 2.75) is 26.7 Å². The Kier molecular flexibility index (Phi) is 3.96. The molecule has 0 unspecified atom stereocenters. The topological polar surface area (TPSA) is 35.2 Å². The van der Waals surface area contributed by atoms with Gasteiger partial charge in [0.2, 0.25) is 0 Å². The van der Waals surface area contributed by atoms with Gasteiger partial charge in [-0.2, -0.15) is 0 Å². The second kappa shape index (κ2) is 5.01. The maximum absolute atomic E-state index is 5.50. The lowest BCUT2D eigenvalue weighted by Gasteiger charge is -2.12. The van der Waals surface area contributed by atoms with Crippen LogP contribution in [0.25, 0.3) is 0 Å². The number of hydrogen-bond acceptors (Lipinski definition) is 2. The molecule has 0 radical (unpaired) electrons. The summed E-state index contributed by atoms with van der Waals surface area (Å²) in [5.74, 6) is 1.01. The average molecular weight is 193 g/mol. The van der Waals surface area contributed by atoms with Crippen molar-refractivity contribution in [3.05, 3.63) is 28.8 Å². The van der Waals surface area contributed by atoms with Crippen molar-refractivity contribution in [3.8, 4) is 5.75 Å². The summed E-state index contributed by atoms with van der Waals surface area (Å²) >= 11 is 0. The van der Waals surface area contributed by atoms with Gasteiger partial charge in [-0.15, -0.1) is 0 Å². The van der Waals surface area contributed by atoms with Gasteiger partial charge in [0, 0.05) is 0 Å². The van der Waals surface area contributed by atoms with Gasteiger partial charge in [-0.1, -0.05) is 12.1 Å². The normalized spacial score (nSPS) is 10.3. The van der Waals surface area contributed by atoms with Crippen molar-refractivity contribution in [1.82, 2.24) is 0 Å². The minimum atomic E-state index is 0.746. The van der Waals surface area contributed by atoms with Crippen LogP contribution in [0.3, 0.4) is 0 Å². The Bertz CT molecular complexity index is 307. The monoisotopic (exact) mass is 193 g/mol. The van der Waals surface area contributed by atoms with Crippen LogP contribution in [0.1, 0.15) is 23.1 Å². The molecule has 1 aromatic carbocycles. The molecule has 1 rings (SSSR count). The number of methoxy groups -OCH3 is 1. The molecule has 14 heavy (non-hydrogen) atoms. The highest BCUT2D eigenvalue weighted by atomic mass is 16.5. The van der Waals surface area contributed by atoms with Crippen molar-refractivity contribution in [3.63, 3.8) is 0 Å². The van der Waals surface area contributed by atoms with E-state index in [2.05, 4.69) is 26.0 Å². The molecule has 2 nitrogen and oxygen atoms in total. The van der Waals surface area contributed by atoms with Crippen LogP contribution in [0.4, 0.5) is 0 Å². The molecule has 0 aliphatic heterocycles. The van der Waals surface area contributed by atoms with Crippen molar-refractivity contribution in [2.75, 3.05) is 13.7 Å². The Morgan fingerprint density at radius 3 is 2.57 bits per heavy atom. The number of rotatable bonds is 4. The first-order valence-electron chi connectivity index (χ1n) is 5.03. The maximum atomic E-state index is 5.50. The minimum Gasteiger partial charge on any atom is -0.496 e. The average Bonchev–Trinajstić information content (AvgIpc) is 2.18. The van der Waals surface area contributed by atoms with Crippen molar-refractivity contribution in [1.29, 1.82) is 0 Å². The van der Waals surface area contributed by atoms with Crippen LogP contribution in [0.2, 0.25) is 0 Å². The number of ether oxygens (including phenoxy) is 1. The second-order valence-electron chi connectivity index (χ2n) is 3.59. The molecule has 0 saturated carbocycles. The second-order valence-corrected chi connectivity index (χ2v) is 3.59. The third kappa shape index (κ3) is 2.26. The lowest BCUT2D eigenvalue weighted by molar-refractivity contribution is 0.408. The van der Waals surface area contributed by atoms with E-state index >= 15 is 0 Å². The van der Waals surface area contributed by atoms with E-state index in [0.717, 1.165) is 25.1 Å². The first kappa shape index (κ1) is 11.1. The van der Waals surface area contributed by atoms with Gasteiger partial charge in [0.15, 0.2) is 0 Å². The van der Waals surface area contributed by atoms with Crippen LogP contribution in [0.5, 0.6) is 5.75 Å². The van der Waals surface area contributed by atoms with Crippen LogP contribution >= 0.6 is 0 Å². The van der Waals surface area contributed by atoms with Crippen LogP contribution in [-0.2, 0) is 6.42 Å². The third-order valence-electron chi connectivity index (χ3n) is 2.57. The fourth-order valence-electron chi connectivity index (χ4n) is 1.75. The summed E-state index contributed by atoms with van der Waals surface area (Å²) in [6, 6.07) is 4.28. The van der Waals surface area contributed by atoms with Crippen LogP contribution < -0.4 is 10.5 Å². The smallest absolute Gasteiger partial charge is 0.124 e. The third-order valence-corrected chi connectivity index (χ3v) is 2.57. The van der Waals surface area contributed by atoms with E-state index in [1.807, 2.05) is 0 Å². The molecule has 1 aromatic rings. The Morgan fingerprint density at radius 2 is 2.00 bits per heavy atom. The summed E-state index contributed by atoms with van der Waals surface area (Å²) in [6.07, 6.45) is 2.08. The van der Waals surface area contributed by atoms with Crippen molar-refractivity contribution >= 4 is 0 Å². The van der Waals surface area contributed by atoms with Crippen LogP contribution in [0.15, 0.2) is 12.1 Å². The lowest BCUT2D eigenvalue weighted by Crippen LogP contribution is -2.02. The van der Waals surface area contributed by atoms with Crippen molar-refractivity contribution in [2.24, 2.45) is 5.73 Å². The summed E-state index contributed by atoms with van der Waals surface area (Å²) in [7, 11) is 1.72. The van der Waals surface area contributed by atoms with E-state index in [-0.39, 0.29) is 0 Å². The number of benzene rings is 1. The first-order valence-corrected chi connectivity index (χ1v) is 5.03. The molecule has 0 atom stereocenters. The van der Waals surface area contributed by atoms with Gasteiger partial charge < -0.3 is 10.5 Å². The molecular weight excluding hydrogens is 174 g/mol. The fourth-order valence-corrected chi connectivity index (χ4v) is 1.75. The van der Waals surface area contributed by atoms with E-state index < -0.39 is 0 Å². The standard InChI is InChI=1S/C12H19NO/c1-9-6-7-11(5-4-8-13)10(2)12(9)14-3/h6-7H,4-5,8,13H2,1-3H3. The van der Waals surface area contributed by atoms with Gasteiger partial charge in [-0.3, -0.25) is 0 Å². The van der Waals surface area contributed by atoms with Crippen LogP contribution in [-0.4, -0.2) is 13.7 Å². The molecule has 0 spiro atoms. The Balaban J connectivity index is 2.96. The molecule has 2 N–H and O–H groups in total. The van der Waals surface area contributed by atoms with Crippen LogP contribution in [0, 0.1) is 13.8 Å². The summed E-state index contributed by atoms with van der Waals surface area (Å²) in [5.41, 5.74) is 9.29. The number of hydrogen-bond donors (Lipinski definition) is 1. The van der Waals surface area contributed by atoms with E-state index in [9.17, 15) is 0 Å². The molecule has 0 aliphatic carbocycles. The van der Waals surface area contributed by atoms with E-state index in [4.69, 9.17) is 10.5 Å². The largest absolute Gasteiger partial charge is 0.496 e. The maximum Gasteiger partial charge on any atom is 0.124 e. The van der Waals surface area contributed by atoms with Gasteiger partial charge in [-0.25, -0.2) is 0 Å². The molecule has 0 aromatic heterocycles. The number of nitrogens with two attached hydrogens (primary N) is 1. The number of aryl methyl sites for hydroxylation is 2. The molecule has 0 heterocycles. The zero-order chi connectivity index (χ0) is 10.6. The van der Waals surface area contributed by atoms with Crippen molar-refractivity contribution < 1.29 is 4.74 Å². The molecule has 0 bridgehead atoms. The van der Waals surface area contributed by atoms with Gasteiger partial charge in [0.05, 0.1) is 7.11 Å². The predicted octanol–water partition coefficient (Wildman–Crippen LogP) is 2.20. The lowest BCUT2D eigenvalue weighted by atomic mass is 10.0.